The normalized spacial score (nSPS) is 19.2. The van der Waals surface area contributed by atoms with Crippen molar-refractivity contribution in [2.45, 2.75) is 96.0 Å². The lowest BCUT2D eigenvalue weighted by atomic mass is 9.96. The van der Waals surface area contributed by atoms with Gasteiger partial charge < -0.3 is 14.6 Å². The van der Waals surface area contributed by atoms with Gasteiger partial charge in [-0.15, -0.1) is 0 Å². The van der Waals surface area contributed by atoms with E-state index in [1.54, 1.807) is 0 Å². The van der Waals surface area contributed by atoms with Crippen LogP contribution in [0.25, 0.3) is 0 Å². The number of hydrogen-bond acceptors (Lipinski definition) is 5. The van der Waals surface area contributed by atoms with E-state index in [4.69, 9.17) is 9.47 Å². The van der Waals surface area contributed by atoms with Crippen molar-refractivity contribution in [3.63, 3.8) is 0 Å². The van der Waals surface area contributed by atoms with Crippen molar-refractivity contribution in [2.75, 3.05) is 14.2 Å². The maximum absolute atomic E-state index is 11.7. The monoisotopic (exact) mass is 368 g/mol. The third-order valence-corrected chi connectivity index (χ3v) is 6.33. The Balaban J connectivity index is 1.43. The minimum atomic E-state index is -0.221. The van der Waals surface area contributed by atoms with Crippen molar-refractivity contribution in [1.82, 2.24) is 0 Å². The summed E-state index contributed by atoms with van der Waals surface area (Å²) in [6, 6.07) is 0. The Hall–Kier alpha value is -1.10. The van der Waals surface area contributed by atoms with E-state index in [0.29, 0.717) is 0 Å². The van der Waals surface area contributed by atoms with Crippen LogP contribution in [-0.2, 0) is 19.1 Å². The first kappa shape index (κ1) is 21.2. The third kappa shape index (κ3) is 5.97. The van der Waals surface area contributed by atoms with Crippen LogP contribution in [0.4, 0.5) is 0 Å². The SMILES string of the molecule is COC(=O)C1(CCCCCC(O)CCCCCC2(C(=O)OC)CC2)CC1. The molecule has 2 aliphatic rings. The topological polar surface area (TPSA) is 72.8 Å². The summed E-state index contributed by atoms with van der Waals surface area (Å²) in [4.78, 5) is 23.3. The van der Waals surface area contributed by atoms with Gasteiger partial charge in [-0.1, -0.05) is 38.5 Å². The summed E-state index contributed by atoms with van der Waals surface area (Å²) in [6.45, 7) is 0. The quantitative estimate of drug-likeness (QED) is 0.368. The molecular formula is C21H36O5. The Bertz CT molecular complexity index is 423. The van der Waals surface area contributed by atoms with Crippen LogP contribution >= 0.6 is 0 Å². The number of ether oxygens (including phenoxy) is 2. The minimum Gasteiger partial charge on any atom is -0.469 e. The number of aliphatic hydroxyl groups excluding tert-OH is 1. The van der Waals surface area contributed by atoms with Crippen molar-refractivity contribution in [3.05, 3.63) is 0 Å². The van der Waals surface area contributed by atoms with Crippen LogP contribution in [0.5, 0.6) is 0 Å². The average molecular weight is 369 g/mol. The number of carbonyl (C=O) groups excluding carboxylic acids is 2. The summed E-state index contributed by atoms with van der Waals surface area (Å²) < 4.78 is 9.75. The molecule has 5 heteroatoms. The highest BCUT2D eigenvalue weighted by Gasteiger charge is 2.50. The van der Waals surface area contributed by atoms with Gasteiger partial charge in [-0.2, -0.15) is 0 Å². The molecule has 0 spiro atoms. The summed E-state index contributed by atoms with van der Waals surface area (Å²) in [5.41, 5.74) is -0.340. The van der Waals surface area contributed by atoms with Gasteiger partial charge in [0.2, 0.25) is 0 Å². The zero-order valence-electron chi connectivity index (χ0n) is 16.6. The van der Waals surface area contributed by atoms with Crippen LogP contribution in [0.15, 0.2) is 0 Å². The number of hydrogen-bond donors (Lipinski definition) is 1. The Morgan fingerprint density at radius 3 is 1.46 bits per heavy atom. The molecule has 2 aliphatic carbocycles. The molecule has 0 saturated heterocycles. The highest BCUT2D eigenvalue weighted by Crippen LogP contribution is 2.51. The van der Waals surface area contributed by atoms with Gasteiger partial charge in [-0.25, -0.2) is 0 Å². The maximum atomic E-state index is 11.7. The molecule has 0 bridgehead atoms. The van der Waals surface area contributed by atoms with E-state index in [9.17, 15) is 14.7 Å². The molecule has 0 amide bonds. The fourth-order valence-corrected chi connectivity index (χ4v) is 4.03. The third-order valence-electron chi connectivity index (χ3n) is 6.33. The Morgan fingerprint density at radius 1 is 0.769 bits per heavy atom. The summed E-state index contributed by atoms with van der Waals surface area (Å²) in [5.74, 6) is -0.0876. The molecule has 0 unspecified atom stereocenters. The number of rotatable bonds is 14. The highest BCUT2D eigenvalue weighted by molar-refractivity contribution is 5.80. The fourth-order valence-electron chi connectivity index (χ4n) is 4.03. The zero-order chi connectivity index (χ0) is 19.0. The summed E-state index contributed by atoms with van der Waals surface area (Å²) >= 11 is 0. The highest BCUT2D eigenvalue weighted by atomic mass is 16.5. The van der Waals surface area contributed by atoms with Gasteiger partial charge in [0.05, 0.1) is 31.2 Å². The van der Waals surface area contributed by atoms with Crippen LogP contribution in [0.2, 0.25) is 0 Å². The predicted molar refractivity (Wildman–Crippen MR) is 99.5 cm³/mol. The first-order chi connectivity index (χ1) is 12.5. The summed E-state index contributed by atoms with van der Waals surface area (Å²) in [6.07, 6.45) is 13.5. The van der Waals surface area contributed by atoms with Crippen LogP contribution in [0.1, 0.15) is 89.9 Å². The van der Waals surface area contributed by atoms with Crippen molar-refractivity contribution in [1.29, 1.82) is 0 Å². The minimum absolute atomic E-state index is 0.0438. The first-order valence-corrected chi connectivity index (χ1v) is 10.3. The van der Waals surface area contributed by atoms with E-state index < -0.39 is 0 Å². The smallest absolute Gasteiger partial charge is 0.311 e. The molecule has 0 atom stereocenters. The lowest BCUT2D eigenvalue weighted by molar-refractivity contribution is -0.148. The van der Waals surface area contributed by atoms with E-state index in [2.05, 4.69) is 0 Å². The Morgan fingerprint density at radius 2 is 1.15 bits per heavy atom. The molecule has 1 N–H and O–H groups in total. The lowest BCUT2D eigenvalue weighted by Crippen LogP contribution is -2.17. The Labute approximate surface area is 157 Å². The standard InChI is InChI=1S/C21H36O5/c1-25-18(23)20(13-14-20)11-7-3-5-9-17(22)10-6-4-8-12-21(15-16-21)19(24)26-2/h17,22H,3-16H2,1-2H3. The molecule has 2 fully saturated rings. The van der Waals surface area contributed by atoms with E-state index >= 15 is 0 Å². The second kappa shape index (κ2) is 9.72. The van der Waals surface area contributed by atoms with Crippen molar-refractivity contribution in [3.8, 4) is 0 Å². The second-order valence-corrected chi connectivity index (χ2v) is 8.40. The van der Waals surface area contributed by atoms with Crippen LogP contribution in [0, 0.1) is 10.8 Å². The maximum Gasteiger partial charge on any atom is 0.311 e. The molecule has 0 aromatic carbocycles. The molecule has 0 aliphatic heterocycles. The van der Waals surface area contributed by atoms with E-state index in [1.807, 2.05) is 0 Å². The number of aliphatic hydroxyl groups is 1. The van der Waals surface area contributed by atoms with Gasteiger partial charge in [0, 0.05) is 0 Å². The average Bonchev–Trinajstić information content (AvgIpc) is 3.56. The molecule has 150 valence electrons. The molecule has 0 radical (unpaired) electrons. The van der Waals surface area contributed by atoms with Gasteiger partial charge in [0.15, 0.2) is 0 Å². The number of methoxy groups -OCH3 is 2. The number of esters is 2. The van der Waals surface area contributed by atoms with E-state index in [-0.39, 0.29) is 28.9 Å². The van der Waals surface area contributed by atoms with Crippen LogP contribution < -0.4 is 0 Å². The largest absolute Gasteiger partial charge is 0.469 e. The lowest BCUT2D eigenvalue weighted by Gasteiger charge is -2.14. The molecule has 2 saturated carbocycles. The van der Waals surface area contributed by atoms with E-state index in [1.165, 1.54) is 14.2 Å². The first-order valence-electron chi connectivity index (χ1n) is 10.3. The fraction of sp³-hybridized carbons (Fsp3) is 0.905. The van der Waals surface area contributed by atoms with Gasteiger partial charge in [-0.05, 0) is 51.4 Å². The predicted octanol–water partition coefficient (Wildman–Crippen LogP) is 4.15. The molecule has 0 heterocycles. The Kier molecular flexibility index (Phi) is 7.93. The molecule has 0 aromatic rings. The molecular weight excluding hydrogens is 332 g/mol. The van der Waals surface area contributed by atoms with Gasteiger partial charge in [-0.3, -0.25) is 9.59 Å². The molecule has 2 rings (SSSR count). The molecule has 0 aromatic heterocycles. The number of carbonyl (C=O) groups is 2. The second-order valence-electron chi connectivity index (χ2n) is 8.40. The van der Waals surface area contributed by atoms with Gasteiger partial charge >= 0.3 is 11.9 Å². The van der Waals surface area contributed by atoms with Gasteiger partial charge in [0.25, 0.3) is 0 Å². The van der Waals surface area contributed by atoms with E-state index in [0.717, 1.165) is 89.9 Å². The van der Waals surface area contributed by atoms with Crippen LogP contribution in [0.3, 0.4) is 0 Å². The van der Waals surface area contributed by atoms with Gasteiger partial charge in [0.1, 0.15) is 0 Å². The number of unbranched alkanes of at least 4 members (excludes halogenated alkanes) is 4. The summed E-state index contributed by atoms with van der Waals surface area (Å²) in [5, 5.41) is 10.1. The van der Waals surface area contributed by atoms with Crippen molar-refractivity contribution < 1.29 is 24.2 Å². The zero-order valence-corrected chi connectivity index (χ0v) is 16.6. The van der Waals surface area contributed by atoms with Crippen LogP contribution in [-0.4, -0.2) is 37.4 Å². The summed E-state index contributed by atoms with van der Waals surface area (Å²) in [7, 11) is 2.94. The molecule has 26 heavy (non-hydrogen) atoms. The molecule has 5 nitrogen and oxygen atoms in total. The van der Waals surface area contributed by atoms with Crippen molar-refractivity contribution >= 4 is 11.9 Å². The van der Waals surface area contributed by atoms with Crippen molar-refractivity contribution in [2.24, 2.45) is 10.8 Å².